The molecule has 2 aromatic rings. The van der Waals surface area contributed by atoms with E-state index in [1.54, 1.807) is 7.05 Å². The summed E-state index contributed by atoms with van der Waals surface area (Å²) >= 11 is 0. The SMILES string of the molecule is CN1CCOC(CC(=O)Nc2ccc(C(=O)OCC(=O)c3ccc(F)cc3)cc2)C1=O. The van der Waals surface area contributed by atoms with Gasteiger partial charge in [-0.15, -0.1) is 0 Å². The Morgan fingerprint density at radius 1 is 1.10 bits per heavy atom. The highest BCUT2D eigenvalue weighted by Crippen LogP contribution is 2.14. The molecule has 0 bridgehead atoms. The maximum Gasteiger partial charge on any atom is 0.338 e. The maximum absolute atomic E-state index is 12.9. The van der Waals surface area contributed by atoms with Gasteiger partial charge in [0, 0.05) is 24.8 Å². The molecule has 3 rings (SSSR count). The number of nitrogens with zero attached hydrogens (tertiary/aromatic N) is 1. The first-order chi connectivity index (χ1) is 14.8. The van der Waals surface area contributed by atoms with E-state index in [9.17, 15) is 23.6 Å². The standard InChI is InChI=1S/C22H21FN2O6/c1-25-10-11-30-19(21(25)28)12-20(27)24-17-8-4-15(5-9-17)22(29)31-13-18(26)14-2-6-16(23)7-3-14/h2-9,19H,10-13H2,1H3,(H,24,27). The Labute approximate surface area is 177 Å². The number of morpholine rings is 1. The van der Waals surface area contributed by atoms with E-state index in [1.807, 2.05) is 0 Å². The topological polar surface area (TPSA) is 102 Å². The first kappa shape index (κ1) is 22.1. The highest BCUT2D eigenvalue weighted by Gasteiger charge is 2.29. The van der Waals surface area contributed by atoms with E-state index >= 15 is 0 Å². The lowest BCUT2D eigenvalue weighted by Crippen LogP contribution is -2.46. The fourth-order valence-electron chi connectivity index (χ4n) is 2.91. The number of benzene rings is 2. The molecule has 1 aliphatic heterocycles. The van der Waals surface area contributed by atoms with Crippen LogP contribution in [0.2, 0.25) is 0 Å². The van der Waals surface area contributed by atoms with Gasteiger partial charge in [-0.05, 0) is 48.5 Å². The molecule has 162 valence electrons. The van der Waals surface area contributed by atoms with Crippen molar-refractivity contribution in [3.8, 4) is 0 Å². The van der Waals surface area contributed by atoms with Gasteiger partial charge in [0.15, 0.2) is 12.4 Å². The third-order valence-corrected chi connectivity index (χ3v) is 4.67. The van der Waals surface area contributed by atoms with Crippen LogP contribution in [-0.4, -0.2) is 61.4 Å². The van der Waals surface area contributed by atoms with Gasteiger partial charge in [-0.3, -0.25) is 14.4 Å². The summed E-state index contributed by atoms with van der Waals surface area (Å²) in [6, 6.07) is 10.8. The Morgan fingerprint density at radius 2 is 1.74 bits per heavy atom. The first-order valence-electron chi connectivity index (χ1n) is 9.56. The molecule has 1 aliphatic rings. The van der Waals surface area contributed by atoms with Crippen molar-refractivity contribution in [2.45, 2.75) is 12.5 Å². The van der Waals surface area contributed by atoms with Crippen LogP contribution in [0.5, 0.6) is 0 Å². The molecule has 8 nitrogen and oxygen atoms in total. The zero-order chi connectivity index (χ0) is 22.4. The number of rotatable bonds is 7. The van der Waals surface area contributed by atoms with Crippen LogP contribution in [-0.2, 0) is 19.1 Å². The molecule has 0 aromatic heterocycles. The lowest BCUT2D eigenvalue weighted by molar-refractivity contribution is -0.153. The quantitative estimate of drug-likeness (QED) is 0.535. The minimum Gasteiger partial charge on any atom is -0.454 e. The van der Waals surface area contributed by atoms with Gasteiger partial charge in [0.2, 0.25) is 5.91 Å². The molecule has 1 N–H and O–H groups in total. The molecule has 1 atom stereocenters. The van der Waals surface area contributed by atoms with Crippen molar-refractivity contribution < 1.29 is 33.0 Å². The molecule has 2 amide bonds. The Morgan fingerprint density at radius 3 is 2.42 bits per heavy atom. The third-order valence-electron chi connectivity index (χ3n) is 4.67. The van der Waals surface area contributed by atoms with Gasteiger partial charge in [-0.25, -0.2) is 9.18 Å². The van der Waals surface area contributed by atoms with Crippen LogP contribution in [0.15, 0.2) is 48.5 Å². The van der Waals surface area contributed by atoms with Crippen LogP contribution in [0.4, 0.5) is 10.1 Å². The summed E-state index contributed by atoms with van der Waals surface area (Å²) in [5.41, 5.74) is 0.858. The van der Waals surface area contributed by atoms with Crippen molar-refractivity contribution in [3.05, 3.63) is 65.5 Å². The molecule has 1 unspecified atom stereocenters. The number of nitrogens with one attached hydrogen (secondary N) is 1. The van der Waals surface area contributed by atoms with E-state index in [-0.39, 0.29) is 23.5 Å². The number of halogens is 1. The molecular weight excluding hydrogens is 407 g/mol. The van der Waals surface area contributed by atoms with Crippen LogP contribution >= 0.6 is 0 Å². The van der Waals surface area contributed by atoms with Crippen molar-refractivity contribution in [3.63, 3.8) is 0 Å². The highest BCUT2D eigenvalue weighted by molar-refractivity contribution is 5.99. The van der Waals surface area contributed by atoms with Crippen LogP contribution in [0.1, 0.15) is 27.1 Å². The lowest BCUT2D eigenvalue weighted by Gasteiger charge is -2.29. The van der Waals surface area contributed by atoms with Gasteiger partial charge in [-0.1, -0.05) is 0 Å². The van der Waals surface area contributed by atoms with Crippen LogP contribution in [0, 0.1) is 5.82 Å². The fraction of sp³-hybridized carbons (Fsp3) is 0.273. The van der Waals surface area contributed by atoms with Crippen molar-refractivity contribution in [1.29, 1.82) is 0 Å². The van der Waals surface area contributed by atoms with Crippen molar-refractivity contribution in [1.82, 2.24) is 4.90 Å². The molecule has 0 spiro atoms. The first-order valence-corrected chi connectivity index (χ1v) is 9.56. The Bertz CT molecular complexity index is 975. The van der Waals surface area contributed by atoms with Crippen LogP contribution < -0.4 is 5.32 Å². The largest absolute Gasteiger partial charge is 0.454 e. The smallest absolute Gasteiger partial charge is 0.338 e. The Kier molecular flexibility index (Phi) is 7.09. The number of carbonyl (C=O) groups is 4. The molecule has 1 saturated heterocycles. The predicted molar refractivity (Wildman–Crippen MR) is 108 cm³/mol. The third kappa shape index (κ3) is 5.95. The van der Waals surface area contributed by atoms with Crippen molar-refractivity contribution in [2.75, 3.05) is 32.1 Å². The van der Waals surface area contributed by atoms with Gasteiger partial charge in [-0.2, -0.15) is 0 Å². The summed E-state index contributed by atoms with van der Waals surface area (Å²) in [4.78, 5) is 49.8. The average molecular weight is 428 g/mol. The molecule has 1 heterocycles. The molecular formula is C22H21FN2O6. The number of anilines is 1. The maximum atomic E-state index is 12.9. The number of amides is 2. The number of ketones is 1. The number of likely N-dealkylation sites (N-methyl/N-ethyl adjacent to an activating group) is 1. The van der Waals surface area contributed by atoms with E-state index in [4.69, 9.17) is 9.47 Å². The summed E-state index contributed by atoms with van der Waals surface area (Å²) in [5, 5.41) is 2.64. The van der Waals surface area contributed by atoms with Crippen LogP contribution in [0.3, 0.4) is 0 Å². The van der Waals surface area contributed by atoms with Gasteiger partial charge < -0.3 is 19.7 Å². The Balaban J connectivity index is 1.49. The summed E-state index contributed by atoms with van der Waals surface area (Å²) in [6.45, 7) is 0.386. The van der Waals surface area contributed by atoms with Gasteiger partial charge in [0.25, 0.3) is 5.91 Å². The van der Waals surface area contributed by atoms with E-state index in [0.29, 0.717) is 18.8 Å². The Hall–Kier alpha value is -3.59. The zero-order valence-electron chi connectivity index (χ0n) is 16.8. The highest BCUT2D eigenvalue weighted by atomic mass is 19.1. The fourth-order valence-corrected chi connectivity index (χ4v) is 2.91. The molecule has 31 heavy (non-hydrogen) atoms. The minimum absolute atomic E-state index is 0.113. The summed E-state index contributed by atoms with van der Waals surface area (Å²) in [6.07, 6.45) is -0.926. The summed E-state index contributed by atoms with van der Waals surface area (Å²) < 4.78 is 23.2. The van der Waals surface area contributed by atoms with Crippen LogP contribution in [0.25, 0.3) is 0 Å². The number of carbonyl (C=O) groups excluding carboxylic acids is 4. The number of esters is 1. The van der Waals surface area contributed by atoms with E-state index in [1.165, 1.54) is 41.3 Å². The molecule has 0 saturated carbocycles. The molecule has 9 heteroatoms. The van der Waals surface area contributed by atoms with Gasteiger partial charge in [0.05, 0.1) is 18.6 Å². The second kappa shape index (κ2) is 9.94. The monoisotopic (exact) mass is 428 g/mol. The average Bonchev–Trinajstić information content (AvgIpc) is 2.76. The molecule has 2 aromatic carbocycles. The van der Waals surface area contributed by atoms with E-state index < -0.39 is 36.2 Å². The second-order valence-electron chi connectivity index (χ2n) is 6.96. The molecule has 1 fully saturated rings. The number of ether oxygens (including phenoxy) is 2. The van der Waals surface area contributed by atoms with Gasteiger partial charge >= 0.3 is 5.97 Å². The second-order valence-corrected chi connectivity index (χ2v) is 6.96. The normalized spacial score (nSPS) is 16.0. The number of hydrogen-bond donors (Lipinski definition) is 1. The number of hydrogen-bond acceptors (Lipinski definition) is 6. The van der Waals surface area contributed by atoms with Crippen molar-refractivity contribution in [2.24, 2.45) is 0 Å². The molecule has 0 radical (unpaired) electrons. The lowest BCUT2D eigenvalue weighted by atomic mass is 10.1. The summed E-state index contributed by atoms with van der Waals surface area (Å²) in [7, 11) is 1.65. The zero-order valence-corrected chi connectivity index (χ0v) is 16.8. The number of Topliss-reactive ketones (excluding diaryl/α,β-unsaturated/α-hetero) is 1. The van der Waals surface area contributed by atoms with E-state index in [2.05, 4.69) is 5.32 Å². The van der Waals surface area contributed by atoms with E-state index in [0.717, 1.165) is 12.1 Å². The molecule has 0 aliphatic carbocycles. The minimum atomic E-state index is -0.813. The van der Waals surface area contributed by atoms with Crippen molar-refractivity contribution >= 4 is 29.3 Å². The summed E-state index contributed by atoms with van der Waals surface area (Å²) in [5.74, 6) is -2.27. The van der Waals surface area contributed by atoms with Gasteiger partial charge in [0.1, 0.15) is 11.9 Å². The predicted octanol–water partition coefficient (Wildman–Crippen LogP) is 2.05.